The van der Waals surface area contributed by atoms with Crippen LogP contribution in [0.25, 0.3) is 0 Å². The Balaban J connectivity index is 2.57. The average molecular weight is 347 g/mol. The third-order valence-electron chi connectivity index (χ3n) is 3.45. The first-order chi connectivity index (χ1) is 10.9. The molecule has 0 heterocycles. The van der Waals surface area contributed by atoms with Crippen LogP contribution in [0.2, 0.25) is 5.02 Å². The topological polar surface area (TPSA) is 78.9 Å². The number of amides is 2. The fourth-order valence-electron chi connectivity index (χ4n) is 1.94. The fraction of sp³-hybridized carbons (Fsp3) is 0.467. The second kappa shape index (κ2) is 9.32. The molecule has 0 bridgehead atoms. The van der Waals surface area contributed by atoms with Gasteiger partial charge in [-0.3, -0.25) is 4.79 Å². The molecular formula is C15H20ClFN2O4. The molecular weight excluding hydrogens is 327 g/mol. The minimum Gasteiger partial charge on any atom is -0.469 e. The molecule has 0 aliphatic rings. The number of likely N-dealkylation sites (N-methyl/N-ethyl adjacent to an activating group) is 1. The second-order valence-electron chi connectivity index (χ2n) is 4.93. The largest absolute Gasteiger partial charge is 0.469 e. The Bertz CT molecular complexity index is 556. The SMILES string of the molecule is COC(=O)CCC(CO)N(C)C(=O)NCc1cccc(F)c1Cl. The van der Waals surface area contributed by atoms with Crippen molar-refractivity contribution in [3.8, 4) is 0 Å². The van der Waals surface area contributed by atoms with Crippen molar-refractivity contribution in [2.45, 2.75) is 25.4 Å². The summed E-state index contributed by atoms with van der Waals surface area (Å²) in [5.74, 6) is -0.970. The molecule has 1 aromatic carbocycles. The van der Waals surface area contributed by atoms with E-state index in [1.807, 2.05) is 0 Å². The van der Waals surface area contributed by atoms with E-state index in [1.54, 1.807) is 6.07 Å². The summed E-state index contributed by atoms with van der Waals surface area (Å²) < 4.78 is 17.8. The van der Waals surface area contributed by atoms with Gasteiger partial charge in [-0.05, 0) is 18.1 Å². The van der Waals surface area contributed by atoms with Gasteiger partial charge in [-0.15, -0.1) is 0 Å². The van der Waals surface area contributed by atoms with Crippen molar-refractivity contribution in [3.63, 3.8) is 0 Å². The number of nitrogens with zero attached hydrogens (tertiary/aromatic N) is 1. The van der Waals surface area contributed by atoms with Gasteiger partial charge in [0.1, 0.15) is 5.82 Å². The number of ether oxygens (including phenoxy) is 1. The van der Waals surface area contributed by atoms with Gasteiger partial charge in [-0.25, -0.2) is 9.18 Å². The van der Waals surface area contributed by atoms with Crippen molar-refractivity contribution in [3.05, 3.63) is 34.6 Å². The van der Waals surface area contributed by atoms with E-state index >= 15 is 0 Å². The summed E-state index contributed by atoms with van der Waals surface area (Å²) in [5, 5.41) is 11.9. The molecule has 0 radical (unpaired) electrons. The zero-order chi connectivity index (χ0) is 17.4. The van der Waals surface area contributed by atoms with Gasteiger partial charge in [0.2, 0.25) is 0 Å². The third-order valence-corrected chi connectivity index (χ3v) is 3.87. The van der Waals surface area contributed by atoms with E-state index in [9.17, 15) is 19.1 Å². The van der Waals surface area contributed by atoms with Crippen LogP contribution < -0.4 is 5.32 Å². The molecule has 8 heteroatoms. The molecule has 0 fully saturated rings. The highest BCUT2D eigenvalue weighted by Crippen LogP contribution is 2.19. The number of carbonyl (C=O) groups is 2. The lowest BCUT2D eigenvalue weighted by Crippen LogP contribution is -2.45. The lowest BCUT2D eigenvalue weighted by atomic mass is 10.1. The quantitative estimate of drug-likeness (QED) is 0.739. The number of esters is 1. The Kier molecular flexibility index (Phi) is 7.77. The van der Waals surface area contributed by atoms with Crippen LogP contribution in [0.5, 0.6) is 0 Å². The molecule has 2 N–H and O–H groups in total. The molecule has 6 nitrogen and oxygen atoms in total. The van der Waals surface area contributed by atoms with Crippen LogP contribution in [-0.4, -0.2) is 48.8 Å². The standard InChI is InChI=1S/C15H20ClFN2O4/c1-19(11(9-20)6-7-13(21)23-2)15(22)18-8-10-4-3-5-12(17)14(10)16/h3-5,11,20H,6-9H2,1-2H3,(H,18,22). The first kappa shape index (κ1) is 19.2. The Morgan fingerprint density at radius 2 is 2.17 bits per heavy atom. The van der Waals surface area contributed by atoms with Crippen molar-refractivity contribution >= 4 is 23.6 Å². The normalized spacial score (nSPS) is 11.7. The number of halogens is 2. The predicted octanol–water partition coefficient (Wildman–Crippen LogP) is 1.93. The maximum Gasteiger partial charge on any atom is 0.317 e. The molecule has 0 aliphatic carbocycles. The molecule has 0 spiro atoms. The smallest absolute Gasteiger partial charge is 0.317 e. The molecule has 23 heavy (non-hydrogen) atoms. The highest BCUT2D eigenvalue weighted by Gasteiger charge is 2.20. The number of aliphatic hydroxyl groups excluding tert-OH is 1. The second-order valence-corrected chi connectivity index (χ2v) is 5.31. The van der Waals surface area contributed by atoms with E-state index in [2.05, 4.69) is 10.1 Å². The highest BCUT2D eigenvalue weighted by molar-refractivity contribution is 6.31. The van der Waals surface area contributed by atoms with Gasteiger partial charge in [0, 0.05) is 20.0 Å². The van der Waals surface area contributed by atoms with Crippen LogP contribution in [0.1, 0.15) is 18.4 Å². The number of urea groups is 1. The summed E-state index contributed by atoms with van der Waals surface area (Å²) in [4.78, 5) is 24.5. The predicted molar refractivity (Wildman–Crippen MR) is 83.5 cm³/mol. The minimum absolute atomic E-state index is 0.0418. The fourth-order valence-corrected chi connectivity index (χ4v) is 2.13. The molecule has 0 saturated heterocycles. The zero-order valence-corrected chi connectivity index (χ0v) is 13.8. The molecule has 1 unspecified atom stereocenters. The first-order valence-corrected chi connectivity index (χ1v) is 7.39. The number of hydrogen-bond acceptors (Lipinski definition) is 4. The van der Waals surface area contributed by atoms with Crippen molar-refractivity contribution in [2.75, 3.05) is 20.8 Å². The molecule has 1 aromatic rings. The van der Waals surface area contributed by atoms with E-state index in [1.165, 1.54) is 31.2 Å². The van der Waals surface area contributed by atoms with Gasteiger partial charge in [0.25, 0.3) is 0 Å². The van der Waals surface area contributed by atoms with E-state index < -0.39 is 23.9 Å². The molecule has 1 rings (SSSR count). The zero-order valence-electron chi connectivity index (χ0n) is 13.0. The number of aliphatic hydroxyl groups is 1. The number of benzene rings is 1. The molecule has 0 saturated carbocycles. The number of nitrogens with one attached hydrogen (secondary N) is 1. The Hall–Kier alpha value is -1.86. The summed E-state index contributed by atoms with van der Waals surface area (Å²) in [6.45, 7) is -0.240. The van der Waals surface area contributed by atoms with Gasteiger partial charge in [0.15, 0.2) is 0 Å². The lowest BCUT2D eigenvalue weighted by Gasteiger charge is -2.26. The van der Waals surface area contributed by atoms with Crippen LogP contribution in [-0.2, 0) is 16.1 Å². The minimum atomic E-state index is -0.557. The Labute approximate surface area is 139 Å². The number of methoxy groups -OCH3 is 1. The Morgan fingerprint density at radius 1 is 1.48 bits per heavy atom. The Morgan fingerprint density at radius 3 is 2.78 bits per heavy atom. The van der Waals surface area contributed by atoms with E-state index in [0.29, 0.717) is 5.56 Å². The van der Waals surface area contributed by atoms with Gasteiger partial charge >= 0.3 is 12.0 Å². The monoisotopic (exact) mass is 346 g/mol. The summed E-state index contributed by atoms with van der Waals surface area (Å²) in [5.41, 5.74) is 0.448. The maximum atomic E-state index is 13.3. The lowest BCUT2D eigenvalue weighted by molar-refractivity contribution is -0.141. The van der Waals surface area contributed by atoms with Crippen LogP contribution in [0, 0.1) is 5.82 Å². The van der Waals surface area contributed by atoms with Crippen LogP contribution >= 0.6 is 11.6 Å². The molecule has 0 aromatic heterocycles. The van der Waals surface area contributed by atoms with Crippen molar-refractivity contribution in [1.29, 1.82) is 0 Å². The van der Waals surface area contributed by atoms with Crippen molar-refractivity contribution in [1.82, 2.24) is 10.2 Å². The van der Waals surface area contributed by atoms with Gasteiger partial charge < -0.3 is 20.1 Å². The van der Waals surface area contributed by atoms with Gasteiger partial charge in [-0.2, -0.15) is 0 Å². The van der Waals surface area contributed by atoms with E-state index in [0.717, 1.165) is 0 Å². The molecule has 128 valence electrons. The van der Waals surface area contributed by atoms with Crippen molar-refractivity contribution in [2.24, 2.45) is 0 Å². The maximum absolute atomic E-state index is 13.3. The number of hydrogen-bond donors (Lipinski definition) is 2. The summed E-state index contributed by atoms with van der Waals surface area (Å²) in [6.07, 6.45) is 0.364. The van der Waals surface area contributed by atoms with Crippen LogP contribution in [0.4, 0.5) is 9.18 Å². The van der Waals surface area contributed by atoms with Crippen LogP contribution in [0.3, 0.4) is 0 Å². The molecule has 2 amide bonds. The number of rotatable bonds is 7. The van der Waals surface area contributed by atoms with E-state index in [-0.39, 0.29) is 31.0 Å². The summed E-state index contributed by atoms with van der Waals surface area (Å²) in [6, 6.07) is 3.34. The highest BCUT2D eigenvalue weighted by atomic mass is 35.5. The average Bonchev–Trinajstić information content (AvgIpc) is 2.55. The third kappa shape index (κ3) is 5.69. The summed E-state index contributed by atoms with van der Waals surface area (Å²) >= 11 is 5.82. The van der Waals surface area contributed by atoms with Crippen molar-refractivity contribution < 1.29 is 23.8 Å². The van der Waals surface area contributed by atoms with Gasteiger partial charge in [0.05, 0.1) is 24.8 Å². The number of carbonyl (C=O) groups excluding carboxylic acids is 2. The first-order valence-electron chi connectivity index (χ1n) is 7.02. The molecule has 0 aliphatic heterocycles. The summed E-state index contributed by atoms with van der Waals surface area (Å²) in [7, 11) is 2.77. The molecule has 1 atom stereocenters. The van der Waals surface area contributed by atoms with Crippen LogP contribution in [0.15, 0.2) is 18.2 Å². The van der Waals surface area contributed by atoms with E-state index in [4.69, 9.17) is 11.6 Å². The van der Waals surface area contributed by atoms with Gasteiger partial charge in [-0.1, -0.05) is 23.7 Å².